The van der Waals surface area contributed by atoms with E-state index in [2.05, 4.69) is 15.6 Å². The molecule has 0 aliphatic carbocycles. The Balaban J connectivity index is 3.92. The van der Waals surface area contributed by atoms with Gasteiger partial charge in [-0.05, 0) is 19.3 Å². The number of unbranched alkanes of at least 4 members (excludes halogenated alkanes) is 1. The Morgan fingerprint density at radius 2 is 1.95 bits per heavy atom. The lowest BCUT2D eigenvalue weighted by atomic mass is 10.1. The van der Waals surface area contributed by atoms with E-state index in [0.717, 1.165) is 12.8 Å². The average molecular weight is 319 g/mol. The third-order valence-electron chi connectivity index (χ3n) is 2.74. The van der Waals surface area contributed by atoms with Crippen molar-refractivity contribution in [1.29, 1.82) is 0 Å². The van der Waals surface area contributed by atoms with Crippen molar-refractivity contribution in [2.24, 2.45) is 4.99 Å². The first-order chi connectivity index (χ1) is 10.8. The maximum atomic E-state index is 12.0. The van der Waals surface area contributed by atoms with Crippen molar-refractivity contribution in [1.82, 2.24) is 10.6 Å². The van der Waals surface area contributed by atoms with E-state index in [1.165, 1.54) is 6.40 Å². The molecule has 130 valence electrons. The highest BCUT2D eigenvalue weighted by Crippen LogP contribution is 2.03. The van der Waals surface area contributed by atoms with Gasteiger partial charge in [-0.15, -0.1) is 0 Å². The van der Waals surface area contributed by atoms with Crippen molar-refractivity contribution < 1.29 is 23.7 Å². The van der Waals surface area contributed by atoms with Gasteiger partial charge in [-0.25, -0.2) is 0 Å². The van der Waals surface area contributed by atoms with Crippen molar-refractivity contribution in [3.05, 3.63) is 0 Å². The van der Waals surface area contributed by atoms with E-state index in [1.54, 1.807) is 21.3 Å². The second-order valence-electron chi connectivity index (χ2n) is 4.53. The standard InChI is InChI=1S/C14H29N3O5/c1-19-10-15-7-5-4-6-13(17-12-21-3)14(18)22-9-8-16-11-20-2/h10,13,16-17H,4-9,11-12H2,1-3H3. The first kappa shape index (κ1) is 20.8. The third-order valence-corrected chi connectivity index (χ3v) is 2.74. The number of nitrogens with one attached hydrogen (secondary N) is 2. The molecule has 0 aliphatic rings. The van der Waals surface area contributed by atoms with Crippen molar-refractivity contribution in [2.75, 3.05) is 54.5 Å². The Hall–Kier alpha value is -1.22. The van der Waals surface area contributed by atoms with Crippen LogP contribution >= 0.6 is 0 Å². The second kappa shape index (κ2) is 16.2. The zero-order valence-corrected chi connectivity index (χ0v) is 13.8. The lowest BCUT2D eigenvalue weighted by Crippen LogP contribution is -2.40. The minimum atomic E-state index is -0.367. The SMILES string of the molecule is COC=NCCCCC(NCOC)C(=O)OCCNCOC. The number of esters is 1. The van der Waals surface area contributed by atoms with E-state index in [9.17, 15) is 4.79 Å². The molecule has 0 fully saturated rings. The van der Waals surface area contributed by atoms with Crippen LogP contribution in [0.3, 0.4) is 0 Å². The number of carbonyl (C=O) groups excluding carboxylic acids is 1. The van der Waals surface area contributed by atoms with Gasteiger partial charge in [0.05, 0.1) is 20.6 Å². The molecule has 1 atom stereocenters. The highest BCUT2D eigenvalue weighted by atomic mass is 16.5. The van der Waals surface area contributed by atoms with Crippen molar-refractivity contribution in [2.45, 2.75) is 25.3 Å². The zero-order chi connectivity index (χ0) is 16.5. The fourth-order valence-electron chi connectivity index (χ4n) is 1.66. The molecule has 0 aromatic rings. The van der Waals surface area contributed by atoms with E-state index >= 15 is 0 Å². The van der Waals surface area contributed by atoms with Gasteiger partial charge in [0.15, 0.2) is 6.40 Å². The molecule has 0 bridgehead atoms. The van der Waals surface area contributed by atoms with Crippen LogP contribution in [0, 0.1) is 0 Å². The fraction of sp³-hybridized carbons (Fsp3) is 0.857. The molecular formula is C14H29N3O5. The van der Waals surface area contributed by atoms with Crippen LogP contribution in [-0.4, -0.2) is 72.9 Å². The number of carbonyl (C=O) groups is 1. The smallest absolute Gasteiger partial charge is 0.323 e. The second-order valence-corrected chi connectivity index (χ2v) is 4.53. The topological polar surface area (TPSA) is 90.4 Å². The van der Waals surface area contributed by atoms with E-state index < -0.39 is 0 Å². The highest BCUT2D eigenvalue weighted by molar-refractivity contribution is 5.75. The molecule has 1 unspecified atom stereocenters. The normalized spacial score (nSPS) is 12.5. The van der Waals surface area contributed by atoms with Crippen LogP contribution < -0.4 is 10.6 Å². The Morgan fingerprint density at radius 1 is 1.18 bits per heavy atom. The minimum absolute atomic E-state index is 0.267. The molecule has 0 heterocycles. The molecule has 0 aliphatic heterocycles. The van der Waals surface area contributed by atoms with Crippen LogP contribution in [0.15, 0.2) is 4.99 Å². The lowest BCUT2D eigenvalue weighted by Gasteiger charge is -2.17. The molecule has 2 N–H and O–H groups in total. The number of rotatable bonds is 15. The van der Waals surface area contributed by atoms with Gasteiger partial charge in [-0.2, -0.15) is 0 Å². The van der Waals surface area contributed by atoms with E-state index in [0.29, 0.717) is 39.6 Å². The molecule has 8 nitrogen and oxygen atoms in total. The van der Waals surface area contributed by atoms with Gasteiger partial charge in [0, 0.05) is 27.3 Å². The van der Waals surface area contributed by atoms with Gasteiger partial charge in [0.25, 0.3) is 0 Å². The molecule has 0 spiro atoms. The summed E-state index contributed by atoms with van der Waals surface area (Å²) in [5.41, 5.74) is 0. The summed E-state index contributed by atoms with van der Waals surface area (Å²) in [5, 5.41) is 5.99. The minimum Gasteiger partial charge on any atom is -0.487 e. The predicted molar refractivity (Wildman–Crippen MR) is 83.9 cm³/mol. The Kier molecular flexibility index (Phi) is 15.3. The summed E-state index contributed by atoms with van der Waals surface area (Å²) >= 11 is 0. The van der Waals surface area contributed by atoms with Crippen LogP contribution in [0.1, 0.15) is 19.3 Å². The summed E-state index contributed by atoms with van der Waals surface area (Å²) in [6.45, 7) is 2.29. The Labute approximate surface area is 132 Å². The number of aliphatic imine (C=N–C) groups is 1. The summed E-state index contributed by atoms with van der Waals surface area (Å²) in [4.78, 5) is 16.0. The van der Waals surface area contributed by atoms with Gasteiger partial charge in [-0.3, -0.25) is 20.4 Å². The summed E-state index contributed by atoms with van der Waals surface area (Å²) in [7, 11) is 4.73. The first-order valence-corrected chi connectivity index (χ1v) is 7.36. The highest BCUT2D eigenvalue weighted by Gasteiger charge is 2.18. The average Bonchev–Trinajstić information content (AvgIpc) is 2.53. The molecule has 0 radical (unpaired) electrons. The predicted octanol–water partition coefficient (Wildman–Crippen LogP) is 0.130. The van der Waals surface area contributed by atoms with Gasteiger partial charge in [0.1, 0.15) is 12.6 Å². The van der Waals surface area contributed by atoms with Gasteiger partial charge in [0.2, 0.25) is 0 Å². The fourth-order valence-corrected chi connectivity index (χ4v) is 1.66. The van der Waals surface area contributed by atoms with Crippen LogP contribution in [0.25, 0.3) is 0 Å². The molecule has 0 saturated carbocycles. The molecule has 0 rings (SSSR count). The molecule has 0 saturated heterocycles. The van der Waals surface area contributed by atoms with Crippen LogP contribution in [0.2, 0.25) is 0 Å². The maximum absolute atomic E-state index is 12.0. The van der Waals surface area contributed by atoms with Crippen molar-refractivity contribution in [3.8, 4) is 0 Å². The van der Waals surface area contributed by atoms with Crippen molar-refractivity contribution in [3.63, 3.8) is 0 Å². The number of methoxy groups -OCH3 is 3. The van der Waals surface area contributed by atoms with Crippen molar-refractivity contribution >= 4 is 12.4 Å². The monoisotopic (exact) mass is 319 g/mol. The van der Waals surface area contributed by atoms with E-state index in [-0.39, 0.29) is 12.0 Å². The lowest BCUT2D eigenvalue weighted by molar-refractivity contribution is -0.146. The molecule has 0 aromatic carbocycles. The maximum Gasteiger partial charge on any atom is 0.323 e. The molecule has 0 aromatic heterocycles. The van der Waals surface area contributed by atoms with Crippen LogP contribution in [0.4, 0.5) is 0 Å². The molecular weight excluding hydrogens is 290 g/mol. The zero-order valence-electron chi connectivity index (χ0n) is 13.8. The quantitative estimate of drug-likeness (QED) is 0.146. The van der Waals surface area contributed by atoms with Gasteiger partial charge in [-0.1, -0.05) is 0 Å². The number of nitrogens with zero attached hydrogens (tertiary/aromatic N) is 1. The van der Waals surface area contributed by atoms with Gasteiger partial charge < -0.3 is 18.9 Å². The number of hydrogen-bond donors (Lipinski definition) is 2. The summed E-state index contributed by atoms with van der Waals surface area (Å²) in [6.07, 6.45) is 3.84. The van der Waals surface area contributed by atoms with Crippen LogP contribution in [0.5, 0.6) is 0 Å². The van der Waals surface area contributed by atoms with Crippen LogP contribution in [-0.2, 0) is 23.7 Å². The third kappa shape index (κ3) is 12.5. The Morgan fingerprint density at radius 3 is 2.64 bits per heavy atom. The largest absolute Gasteiger partial charge is 0.487 e. The van der Waals surface area contributed by atoms with E-state index in [1.807, 2.05) is 0 Å². The summed E-state index contributed by atoms with van der Waals surface area (Å²) in [5.74, 6) is -0.267. The Bertz CT molecular complexity index is 290. The summed E-state index contributed by atoms with van der Waals surface area (Å²) in [6, 6.07) is -0.367. The summed E-state index contributed by atoms with van der Waals surface area (Å²) < 4.78 is 19.7. The molecule has 0 amide bonds. The molecule has 22 heavy (non-hydrogen) atoms. The van der Waals surface area contributed by atoms with Gasteiger partial charge >= 0.3 is 5.97 Å². The van der Waals surface area contributed by atoms with E-state index in [4.69, 9.17) is 18.9 Å². The number of ether oxygens (including phenoxy) is 4. The number of hydrogen-bond acceptors (Lipinski definition) is 8. The first-order valence-electron chi connectivity index (χ1n) is 7.36. The molecule has 8 heteroatoms.